The summed E-state index contributed by atoms with van der Waals surface area (Å²) in [5.74, 6) is -0.720. The van der Waals surface area contributed by atoms with Gasteiger partial charge in [0.15, 0.2) is 0 Å². The van der Waals surface area contributed by atoms with Gasteiger partial charge in [-0.3, -0.25) is 4.79 Å². The summed E-state index contributed by atoms with van der Waals surface area (Å²) in [5, 5.41) is 2.64. The fraction of sp³-hybridized carbons (Fsp3) is 0.467. The Balaban J connectivity index is 2.62. The summed E-state index contributed by atoms with van der Waals surface area (Å²) in [7, 11) is 0. The van der Waals surface area contributed by atoms with Crippen molar-refractivity contribution in [3.05, 3.63) is 29.8 Å². The lowest BCUT2D eigenvalue weighted by atomic mass is 10.2. The number of esters is 1. The van der Waals surface area contributed by atoms with E-state index >= 15 is 0 Å². The van der Waals surface area contributed by atoms with Crippen LogP contribution in [-0.2, 0) is 9.53 Å². The quantitative estimate of drug-likeness (QED) is 0.685. The molecule has 0 unspecified atom stereocenters. The van der Waals surface area contributed by atoms with Crippen LogP contribution in [-0.4, -0.2) is 29.8 Å². The van der Waals surface area contributed by atoms with E-state index in [4.69, 9.17) is 4.74 Å². The van der Waals surface area contributed by atoms with Gasteiger partial charge in [-0.05, 0) is 58.2 Å². The average Bonchev–Trinajstić information content (AvgIpc) is 2.36. The maximum atomic E-state index is 12.0. The zero-order chi connectivity index (χ0) is 15.3. The van der Waals surface area contributed by atoms with E-state index in [0.29, 0.717) is 5.56 Å². The lowest BCUT2D eigenvalue weighted by Gasteiger charge is -2.22. The number of benzene rings is 1. The number of hydrogen-bond acceptors (Lipinski definition) is 4. The molecule has 0 spiro atoms. The number of nitrogens with one attached hydrogen (secondary N) is 1. The molecule has 5 heteroatoms. The minimum atomic E-state index is -0.679. The first kappa shape index (κ1) is 16.6. The third-order valence-corrected chi connectivity index (χ3v) is 3.20. The predicted octanol–water partition coefficient (Wildman–Crippen LogP) is 2.87. The van der Waals surface area contributed by atoms with E-state index in [-0.39, 0.29) is 5.91 Å². The summed E-state index contributed by atoms with van der Waals surface area (Å²) < 4.78 is 5.22. The predicted molar refractivity (Wildman–Crippen MR) is 81.0 cm³/mol. The highest BCUT2D eigenvalue weighted by atomic mass is 32.2. The van der Waals surface area contributed by atoms with Crippen molar-refractivity contribution in [1.82, 2.24) is 5.32 Å². The van der Waals surface area contributed by atoms with Crippen LogP contribution in [0.5, 0.6) is 0 Å². The van der Waals surface area contributed by atoms with Gasteiger partial charge in [0.1, 0.15) is 11.6 Å². The lowest BCUT2D eigenvalue weighted by molar-refractivity contribution is -0.156. The summed E-state index contributed by atoms with van der Waals surface area (Å²) in [6.07, 6.45) is 1.97. The second-order valence-corrected chi connectivity index (χ2v) is 6.34. The van der Waals surface area contributed by atoms with Gasteiger partial charge in [0.05, 0.1) is 0 Å². The maximum Gasteiger partial charge on any atom is 0.328 e. The minimum absolute atomic E-state index is 0.281. The van der Waals surface area contributed by atoms with Crippen molar-refractivity contribution in [1.29, 1.82) is 0 Å². The summed E-state index contributed by atoms with van der Waals surface area (Å²) in [5.41, 5.74) is -0.0333. The second-order valence-electron chi connectivity index (χ2n) is 5.46. The van der Waals surface area contributed by atoms with E-state index in [1.807, 2.05) is 18.4 Å². The fourth-order valence-electron chi connectivity index (χ4n) is 1.47. The molecule has 1 aromatic rings. The van der Waals surface area contributed by atoms with Crippen molar-refractivity contribution in [2.24, 2.45) is 0 Å². The highest BCUT2D eigenvalue weighted by Gasteiger charge is 2.23. The van der Waals surface area contributed by atoms with Crippen LogP contribution in [0.3, 0.4) is 0 Å². The first-order valence-corrected chi connectivity index (χ1v) is 7.63. The monoisotopic (exact) mass is 295 g/mol. The molecule has 0 heterocycles. The van der Waals surface area contributed by atoms with Crippen LogP contribution >= 0.6 is 11.8 Å². The van der Waals surface area contributed by atoms with Gasteiger partial charge < -0.3 is 10.1 Å². The molecule has 110 valence electrons. The van der Waals surface area contributed by atoms with Gasteiger partial charge in [-0.2, -0.15) is 0 Å². The molecular formula is C15H21NO3S. The Morgan fingerprint density at radius 1 is 1.20 bits per heavy atom. The number of rotatable bonds is 4. The van der Waals surface area contributed by atoms with Crippen LogP contribution in [0.2, 0.25) is 0 Å². The van der Waals surface area contributed by atoms with Gasteiger partial charge >= 0.3 is 5.97 Å². The lowest BCUT2D eigenvalue weighted by Crippen LogP contribution is -2.42. The van der Waals surface area contributed by atoms with E-state index in [2.05, 4.69) is 5.32 Å². The number of thioether (sulfide) groups is 1. The summed E-state index contributed by atoms with van der Waals surface area (Å²) >= 11 is 1.61. The molecule has 1 aromatic carbocycles. The number of hydrogen-bond donors (Lipinski definition) is 1. The third kappa shape index (κ3) is 5.25. The molecule has 0 fully saturated rings. The SMILES string of the molecule is CSc1ccc(C(=O)N[C@H](C)C(=O)OC(C)(C)C)cc1. The normalized spacial score (nSPS) is 12.7. The van der Waals surface area contributed by atoms with Crippen molar-refractivity contribution in [3.63, 3.8) is 0 Å². The summed E-state index contributed by atoms with van der Waals surface area (Å²) in [4.78, 5) is 24.9. The van der Waals surface area contributed by atoms with Gasteiger partial charge in [-0.25, -0.2) is 4.79 Å². The molecule has 1 amide bonds. The minimum Gasteiger partial charge on any atom is -0.458 e. The first-order chi connectivity index (χ1) is 9.23. The van der Waals surface area contributed by atoms with Crippen LogP contribution < -0.4 is 5.32 Å². The number of carbonyl (C=O) groups is 2. The fourth-order valence-corrected chi connectivity index (χ4v) is 1.88. The molecule has 0 radical (unpaired) electrons. The zero-order valence-corrected chi connectivity index (χ0v) is 13.3. The molecule has 0 saturated heterocycles. The third-order valence-electron chi connectivity index (χ3n) is 2.46. The van der Waals surface area contributed by atoms with Crippen LogP contribution in [0.1, 0.15) is 38.1 Å². The molecule has 0 aliphatic rings. The molecule has 0 aromatic heterocycles. The Morgan fingerprint density at radius 3 is 2.20 bits per heavy atom. The Morgan fingerprint density at radius 2 is 1.75 bits per heavy atom. The molecule has 4 nitrogen and oxygen atoms in total. The van der Waals surface area contributed by atoms with Crippen molar-refractivity contribution in [2.45, 2.75) is 44.2 Å². The van der Waals surface area contributed by atoms with Gasteiger partial charge in [0, 0.05) is 10.5 Å². The molecule has 0 aliphatic carbocycles. The van der Waals surface area contributed by atoms with E-state index in [0.717, 1.165) is 4.90 Å². The Kier molecular flexibility index (Phi) is 5.62. The van der Waals surface area contributed by atoms with E-state index in [9.17, 15) is 9.59 Å². The van der Waals surface area contributed by atoms with Gasteiger partial charge in [0.2, 0.25) is 0 Å². The highest BCUT2D eigenvalue weighted by molar-refractivity contribution is 7.98. The molecule has 0 bridgehead atoms. The molecule has 0 aliphatic heterocycles. The molecule has 0 saturated carbocycles. The standard InChI is InChI=1S/C15H21NO3S/c1-10(14(18)19-15(2,3)4)16-13(17)11-6-8-12(20-5)9-7-11/h6-10H,1-5H3,(H,16,17)/t10-/m1/s1. The zero-order valence-electron chi connectivity index (χ0n) is 12.5. The van der Waals surface area contributed by atoms with Crippen LogP contribution in [0.4, 0.5) is 0 Å². The first-order valence-electron chi connectivity index (χ1n) is 6.40. The molecule has 1 N–H and O–H groups in total. The molecule has 20 heavy (non-hydrogen) atoms. The molecule has 1 atom stereocenters. The van der Waals surface area contributed by atoms with Crippen molar-refractivity contribution < 1.29 is 14.3 Å². The van der Waals surface area contributed by atoms with Crippen LogP contribution in [0, 0.1) is 0 Å². The molecule has 1 rings (SSSR count). The Hall–Kier alpha value is -1.49. The maximum absolute atomic E-state index is 12.0. The van der Waals surface area contributed by atoms with E-state index < -0.39 is 17.6 Å². The van der Waals surface area contributed by atoms with E-state index in [1.54, 1.807) is 51.6 Å². The van der Waals surface area contributed by atoms with Crippen LogP contribution in [0.15, 0.2) is 29.2 Å². The largest absolute Gasteiger partial charge is 0.458 e. The van der Waals surface area contributed by atoms with Crippen molar-refractivity contribution in [2.75, 3.05) is 6.26 Å². The highest BCUT2D eigenvalue weighted by Crippen LogP contribution is 2.15. The number of carbonyl (C=O) groups excluding carboxylic acids is 2. The van der Waals surface area contributed by atoms with Gasteiger partial charge in [0.25, 0.3) is 5.91 Å². The summed E-state index contributed by atoms with van der Waals surface area (Å²) in [6.45, 7) is 6.99. The van der Waals surface area contributed by atoms with E-state index in [1.165, 1.54) is 0 Å². The molecular weight excluding hydrogens is 274 g/mol. The smallest absolute Gasteiger partial charge is 0.328 e. The Labute approximate surface area is 124 Å². The average molecular weight is 295 g/mol. The van der Waals surface area contributed by atoms with Crippen molar-refractivity contribution >= 4 is 23.6 Å². The van der Waals surface area contributed by atoms with Crippen LogP contribution in [0.25, 0.3) is 0 Å². The second kappa shape index (κ2) is 6.79. The number of amides is 1. The topological polar surface area (TPSA) is 55.4 Å². The van der Waals surface area contributed by atoms with Crippen molar-refractivity contribution in [3.8, 4) is 0 Å². The Bertz CT molecular complexity index is 477. The van der Waals surface area contributed by atoms with Gasteiger partial charge in [-0.15, -0.1) is 11.8 Å². The number of ether oxygens (including phenoxy) is 1. The summed E-state index contributed by atoms with van der Waals surface area (Å²) in [6, 6.07) is 6.54. The van der Waals surface area contributed by atoms with Gasteiger partial charge in [-0.1, -0.05) is 0 Å².